The summed E-state index contributed by atoms with van der Waals surface area (Å²) in [6, 6.07) is 6.91. The van der Waals surface area contributed by atoms with Crippen molar-refractivity contribution in [1.82, 2.24) is 0 Å². The van der Waals surface area contributed by atoms with Gasteiger partial charge in [0, 0.05) is 26.9 Å². The number of rotatable bonds is 4. The zero-order chi connectivity index (χ0) is 16.3. The molecule has 22 heavy (non-hydrogen) atoms. The second-order valence-corrected chi connectivity index (χ2v) is 5.20. The fraction of sp³-hybridized carbons (Fsp3) is 0.562. The Labute approximate surface area is 130 Å². The van der Waals surface area contributed by atoms with Gasteiger partial charge in [-0.2, -0.15) is 0 Å². The van der Waals surface area contributed by atoms with Crippen LogP contribution in [0.1, 0.15) is 12.5 Å². The summed E-state index contributed by atoms with van der Waals surface area (Å²) in [7, 11) is 4.55. The minimum atomic E-state index is -1.21. The highest BCUT2D eigenvalue weighted by Gasteiger charge is 2.55. The number of nitrogens with zero attached hydrogens (tertiary/aromatic N) is 1. The Morgan fingerprint density at radius 2 is 1.82 bits per heavy atom. The van der Waals surface area contributed by atoms with Crippen molar-refractivity contribution in [3.05, 3.63) is 41.2 Å². The number of hydrogen-bond acceptors (Lipinski definition) is 5. The van der Waals surface area contributed by atoms with Crippen molar-refractivity contribution in [2.75, 3.05) is 21.3 Å². The maximum atomic E-state index is 10.3. The zero-order valence-electron chi connectivity index (χ0n) is 13.1. The van der Waals surface area contributed by atoms with E-state index in [0.717, 1.165) is 0 Å². The lowest BCUT2D eigenvalue weighted by Gasteiger charge is -2.49. The van der Waals surface area contributed by atoms with E-state index in [0.29, 0.717) is 11.3 Å². The minimum Gasteiger partial charge on any atom is -0.388 e. The molecule has 6 nitrogen and oxygen atoms in total. The van der Waals surface area contributed by atoms with Crippen molar-refractivity contribution >= 4 is 5.69 Å². The van der Waals surface area contributed by atoms with Crippen LogP contribution in [-0.4, -0.2) is 50.9 Å². The lowest BCUT2D eigenvalue weighted by molar-refractivity contribution is -0.366. The van der Waals surface area contributed by atoms with E-state index in [1.54, 1.807) is 31.2 Å². The number of methoxy groups -OCH3 is 3. The molecule has 0 spiro atoms. The third kappa shape index (κ3) is 2.62. The van der Waals surface area contributed by atoms with Crippen LogP contribution in [0, 0.1) is 6.57 Å². The maximum Gasteiger partial charge on any atom is 0.224 e. The highest BCUT2D eigenvalue weighted by atomic mass is 16.7. The van der Waals surface area contributed by atoms with E-state index < -0.39 is 30.2 Å². The van der Waals surface area contributed by atoms with Crippen LogP contribution in [0.25, 0.3) is 4.85 Å². The molecule has 1 heterocycles. The number of hydrogen-bond donors (Lipinski definition) is 1. The molecule has 0 saturated carbocycles. The molecule has 1 aromatic carbocycles. The second-order valence-electron chi connectivity index (χ2n) is 5.20. The fourth-order valence-electron chi connectivity index (χ4n) is 2.91. The van der Waals surface area contributed by atoms with Crippen molar-refractivity contribution in [3.63, 3.8) is 0 Å². The van der Waals surface area contributed by atoms with Crippen molar-refractivity contribution in [2.24, 2.45) is 0 Å². The first-order chi connectivity index (χ1) is 10.5. The van der Waals surface area contributed by atoms with Crippen molar-refractivity contribution in [2.45, 2.75) is 37.1 Å². The molecule has 5 atom stereocenters. The molecular weight excluding hydrogens is 286 g/mol. The summed E-state index contributed by atoms with van der Waals surface area (Å²) in [6.07, 6.45) is -2.60. The van der Waals surface area contributed by atoms with Gasteiger partial charge in [0.25, 0.3) is 0 Å². The van der Waals surface area contributed by atoms with Crippen LogP contribution in [0.3, 0.4) is 0 Å². The van der Waals surface area contributed by atoms with E-state index in [9.17, 15) is 5.11 Å². The van der Waals surface area contributed by atoms with Crippen LogP contribution in [-0.2, 0) is 24.7 Å². The smallest absolute Gasteiger partial charge is 0.224 e. The average molecular weight is 307 g/mol. The van der Waals surface area contributed by atoms with Gasteiger partial charge in [-0.3, -0.25) is 0 Å². The number of benzene rings is 1. The first-order valence-electron chi connectivity index (χ1n) is 6.98. The van der Waals surface area contributed by atoms with Gasteiger partial charge in [0.2, 0.25) is 5.79 Å². The largest absolute Gasteiger partial charge is 0.388 e. The van der Waals surface area contributed by atoms with Crippen LogP contribution in [0.15, 0.2) is 24.3 Å². The lowest BCUT2D eigenvalue weighted by Crippen LogP contribution is -2.63. The normalized spacial score (nSPS) is 35.1. The Morgan fingerprint density at radius 3 is 2.27 bits per heavy atom. The molecular formula is C16H21NO5. The summed E-state index contributed by atoms with van der Waals surface area (Å²) in [4.78, 5) is 3.38. The van der Waals surface area contributed by atoms with Gasteiger partial charge in [-0.25, -0.2) is 4.85 Å². The van der Waals surface area contributed by atoms with Gasteiger partial charge in [-0.1, -0.05) is 24.3 Å². The third-order valence-electron chi connectivity index (χ3n) is 4.08. The summed E-state index contributed by atoms with van der Waals surface area (Å²) >= 11 is 0. The quantitative estimate of drug-likeness (QED) is 0.860. The van der Waals surface area contributed by atoms with Gasteiger partial charge < -0.3 is 24.1 Å². The van der Waals surface area contributed by atoms with Gasteiger partial charge in [-0.15, -0.1) is 0 Å². The Bertz CT molecular complexity index is 540. The van der Waals surface area contributed by atoms with Gasteiger partial charge in [-0.05, 0) is 6.92 Å². The van der Waals surface area contributed by atoms with E-state index in [-0.39, 0.29) is 0 Å². The highest BCUT2D eigenvalue weighted by molar-refractivity contribution is 5.46. The van der Waals surface area contributed by atoms with Crippen LogP contribution < -0.4 is 0 Å². The number of ether oxygens (including phenoxy) is 4. The molecule has 120 valence electrons. The fourth-order valence-corrected chi connectivity index (χ4v) is 2.91. The third-order valence-corrected chi connectivity index (χ3v) is 4.08. The highest BCUT2D eigenvalue weighted by Crippen LogP contribution is 2.41. The van der Waals surface area contributed by atoms with E-state index in [2.05, 4.69) is 4.85 Å². The van der Waals surface area contributed by atoms with Crippen LogP contribution >= 0.6 is 0 Å². The van der Waals surface area contributed by atoms with E-state index >= 15 is 0 Å². The van der Waals surface area contributed by atoms with E-state index in [4.69, 9.17) is 25.5 Å². The van der Waals surface area contributed by atoms with Crippen LogP contribution in [0.5, 0.6) is 0 Å². The van der Waals surface area contributed by atoms with Crippen molar-refractivity contribution < 1.29 is 24.1 Å². The molecule has 0 radical (unpaired) electrons. The molecule has 1 aliphatic heterocycles. The van der Waals surface area contributed by atoms with E-state index in [1.807, 2.05) is 0 Å². The number of aliphatic hydroxyl groups is 1. The minimum absolute atomic E-state index is 0.503. The summed E-state index contributed by atoms with van der Waals surface area (Å²) in [6.45, 7) is 8.79. The van der Waals surface area contributed by atoms with Gasteiger partial charge in [0.15, 0.2) is 5.69 Å². The first kappa shape index (κ1) is 16.9. The molecule has 1 N–H and O–H groups in total. The summed E-state index contributed by atoms with van der Waals surface area (Å²) in [5, 5.41) is 10.3. The average Bonchev–Trinajstić information content (AvgIpc) is 2.56. The van der Waals surface area contributed by atoms with E-state index in [1.165, 1.54) is 21.3 Å². The molecule has 1 aromatic rings. The predicted octanol–water partition coefficient (Wildman–Crippen LogP) is 1.85. The maximum absolute atomic E-state index is 10.3. The predicted molar refractivity (Wildman–Crippen MR) is 79.5 cm³/mol. The Hall–Kier alpha value is -1.49. The molecule has 1 aliphatic rings. The molecule has 0 aliphatic carbocycles. The molecule has 0 aromatic heterocycles. The van der Waals surface area contributed by atoms with Crippen molar-refractivity contribution in [3.8, 4) is 0 Å². The number of aliphatic hydroxyl groups excluding tert-OH is 1. The van der Waals surface area contributed by atoms with Gasteiger partial charge in [0.05, 0.1) is 12.7 Å². The summed E-state index contributed by atoms with van der Waals surface area (Å²) in [5.41, 5.74) is 1.23. The monoisotopic (exact) mass is 307 g/mol. The lowest BCUT2D eigenvalue weighted by atomic mass is 9.88. The Morgan fingerprint density at radius 1 is 1.18 bits per heavy atom. The SMILES string of the molecule is [C-]#[N+]c1ccc([C@]2(OC)O[C@@H](C)[C@H](O)[C@@H](OC)[C@H]2OC)cc1. The molecule has 1 saturated heterocycles. The Balaban J connectivity index is 2.50. The Kier molecular flexibility index (Phi) is 5.16. The molecule has 1 fully saturated rings. The standard InChI is InChI=1S/C16H21NO5/c1-10-13(18)14(19-3)15(20-4)16(21-5,22-10)11-6-8-12(17-2)9-7-11/h6-10,13-15,18H,1,3-5H3/t10-,13-,14+,15+,16-/m0/s1. The zero-order valence-corrected chi connectivity index (χ0v) is 13.1. The van der Waals surface area contributed by atoms with Gasteiger partial charge >= 0.3 is 0 Å². The molecule has 0 bridgehead atoms. The molecule has 6 heteroatoms. The first-order valence-corrected chi connectivity index (χ1v) is 6.98. The summed E-state index contributed by atoms with van der Waals surface area (Å²) in [5.74, 6) is -1.21. The topological polar surface area (TPSA) is 61.5 Å². The van der Waals surface area contributed by atoms with Gasteiger partial charge in [0.1, 0.15) is 18.3 Å². The molecule has 2 rings (SSSR count). The van der Waals surface area contributed by atoms with Crippen molar-refractivity contribution in [1.29, 1.82) is 0 Å². The second kappa shape index (κ2) is 6.73. The molecule has 0 amide bonds. The summed E-state index contributed by atoms with van der Waals surface area (Å²) < 4.78 is 22.6. The molecule has 0 unspecified atom stereocenters. The van der Waals surface area contributed by atoms with Crippen LogP contribution in [0.2, 0.25) is 0 Å². The van der Waals surface area contributed by atoms with Crippen LogP contribution in [0.4, 0.5) is 5.69 Å².